The maximum Gasteiger partial charge on any atom is 0.340 e. The summed E-state index contributed by atoms with van der Waals surface area (Å²) in [5, 5.41) is 0. The molecular weight excluding hydrogens is 293 g/mol. The van der Waals surface area contributed by atoms with Crippen molar-refractivity contribution in [3.63, 3.8) is 0 Å². The zero-order valence-corrected chi connectivity index (χ0v) is 10.3. The van der Waals surface area contributed by atoms with Crippen LogP contribution in [-0.2, 0) is 4.74 Å². The maximum atomic E-state index is 11.5. The van der Waals surface area contributed by atoms with Gasteiger partial charge in [0.2, 0.25) is 0 Å². The number of aryl methyl sites for hydroxylation is 1. The molecule has 1 aromatic rings. The molecule has 0 aliphatic rings. The first-order chi connectivity index (χ1) is 6.56. The van der Waals surface area contributed by atoms with Crippen molar-refractivity contribution in [1.29, 1.82) is 0 Å². The van der Waals surface area contributed by atoms with Gasteiger partial charge in [0.15, 0.2) is 0 Å². The van der Waals surface area contributed by atoms with Crippen LogP contribution < -0.4 is 5.73 Å². The molecule has 0 aliphatic heterocycles. The summed E-state index contributed by atoms with van der Waals surface area (Å²) >= 11 is 2.10. The van der Waals surface area contributed by atoms with Crippen LogP contribution in [0.25, 0.3) is 0 Å². The first-order valence-electron chi connectivity index (χ1n) is 4.29. The predicted molar refractivity (Wildman–Crippen MR) is 64.3 cm³/mol. The summed E-state index contributed by atoms with van der Waals surface area (Å²) in [5.74, 6) is -0.355. The van der Waals surface area contributed by atoms with E-state index in [1.54, 1.807) is 13.0 Å². The number of ether oxygens (including phenoxy) is 1. The first kappa shape index (κ1) is 11.3. The van der Waals surface area contributed by atoms with Crippen molar-refractivity contribution in [2.75, 3.05) is 12.3 Å². The number of benzene rings is 1. The minimum absolute atomic E-state index is 0.355. The highest BCUT2D eigenvalue weighted by Crippen LogP contribution is 2.22. The van der Waals surface area contributed by atoms with E-state index in [2.05, 4.69) is 22.6 Å². The van der Waals surface area contributed by atoms with Gasteiger partial charge in [-0.05, 0) is 54.1 Å². The summed E-state index contributed by atoms with van der Waals surface area (Å²) in [4.78, 5) is 11.5. The van der Waals surface area contributed by atoms with Crippen molar-refractivity contribution >= 4 is 34.2 Å². The van der Waals surface area contributed by atoms with Gasteiger partial charge >= 0.3 is 5.97 Å². The molecule has 0 bridgehead atoms. The van der Waals surface area contributed by atoms with Gasteiger partial charge in [0.25, 0.3) is 0 Å². The number of carbonyl (C=O) groups is 1. The topological polar surface area (TPSA) is 52.3 Å². The molecule has 0 amide bonds. The molecule has 0 fully saturated rings. The van der Waals surface area contributed by atoms with Gasteiger partial charge in [0, 0.05) is 3.57 Å². The number of hydrogen-bond acceptors (Lipinski definition) is 3. The lowest BCUT2D eigenvalue weighted by atomic mass is 10.1. The van der Waals surface area contributed by atoms with Crippen molar-refractivity contribution < 1.29 is 9.53 Å². The third-order valence-corrected chi connectivity index (χ3v) is 2.66. The standard InChI is InChI=1S/C10H12INO2/c1-3-14-10(13)7-4-6(2)5-8(11)9(7)12/h4-5H,3,12H2,1-2H3. The van der Waals surface area contributed by atoms with Crippen LogP contribution in [-0.4, -0.2) is 12.6 Å². The molecule has 4 heteroatoms. The molecule has 0 radical (unpaired) electrons. The summed E-state index contributed by atoms with van der Waals surface area (Å²) in [6.07, 6.45) is 0. The van der Waals surface area contributed by atoms with E-state index in [1.165, 1.54) is 0 Å². The molecule has 0 saturated heterocycles. The van der Waals surface area contributed by atoms with Gasteiger partial charge in [-0.3, -0.25) is 0 Å². The molecule has 0 heterocycles. The van der Waals surface area contributed by atoms with Gasteiger partial charge in [-0.25, -0.2) is 4.79 Å². The number of anilines is 1. The van der Waals surface area contributed by atoms with Crippen LogP contribution in [0.3, 0.4) is 0 Å². The van der Waals surface area contributed by atoms with Crippen LogP contribution in [0.4, 0.5) is 5.69 Å². The van der Waals surface area contributed by atoms with Crippen LogP contribution in [0.2, 0.25) is 0 Å². The van der Waals surface area contributed by atoms with Gasteiger partial charge in [0.05, 0.1) is 17.9 Å². The average Bonchev–Trinajstić information content (AvgIpc) is 2.11. The number of esters is 1. The van der Waals surface area contributed by atoms with Crippen molar-refractivity contribution in [3.8, 4) is 0 Å². The van der Waals surface area contributed by atoms with Crippen molar-refractivity contribution in [3.05, 3.63) is 26.8 Å². The van der Waals surface area contributed by atoms with Crippen molar-refractivity contribution in [2.45, 2.75) is 13.8 Å². The molecule has 3 nitrogen and oxygen atoms in total. The molecule has 0 aromatic heterocycles. The lowest BCUT2D eigenvalue weighted by Gasteiger charge is -2.08. The number of nitrogens with two attached hydrogens (primary N) is 1. The van der Waals surface area contributed by atoms with Gasteiger partial charge in [-0.2, -0.15) is 0 Å². The summed E-state index contributed by atoms with van der Waals surface area (Å²) < 4.78 is 5.78. The third-order valence-electron chi connectivity index (χ3n) is 1.77. The fourth-order valence-corrected chi connectivity index (χ4v) is 1.91. The molecule has 14 heavy (non-hydrogen) atoms. The Hall–Kier alpha value is -0.780. The molecule has 0 aliphatic carbocycles. The van der Waals surface area contributed by atoms with Crippen LogP contribution >= 0.6 is 22.6 Å². The van der Waals surface area contributed by atoms with Gasteiger partial charge < -0.3 is 10.5 Å². The van der Waals surface area contributed by atoms with E-state index >= 15 is 0 Å². The fourth-order valence-electron chi connectivity index (χ4n) is 1.13. The smallest absolute Gasteiger partial charge is 0.340 e. The Kier molecular flexibility index (Phi) is 3.74. The van der Waals surface area contributed by atoms with Crippen LogP contribution in [0.1, 0.15) is 22.8 Å². The Morgan fingerprint density at radius 1 is 1.57 bits per heavy atom. The summed E-state index contributed by atoms with van der Waals surface area (Å²) in [6.45, 7) is 4.06. The normalized spacial score (nSPS) is 9.93. The first-order valence-corrected chi connectivity index (χ1v) is 5.37. The molecular formula is C10H12INO2. The molecule has 0 saturated carbocycles. The van der Waals surface area contributed by atoms with E-state index in [1.807, 2.05) is 13.0 Å². The van der Waals surface area contributed by atoms with Gasteiger partial charge in [-0.1, -0.05) is 0 Å². The molecule has 2 N–H and O–H groups in total. The fraction of sp³-hybridized carbons (Fsp3) is 0.300. The number of halogens is 1. The van der Waals surface area contributed by atoms with E-state index in [0.29, 0.717) is 17.9 Å². The average molecular weight is 305 g/mol. The Morgan fingerprint density at radius 3 is 2.79 bits per heavy atom. The molecule has 76 valence electrons. The quantitative estimate of drug-likeness (QED) is 0.518. The van der Waals surface area contributed by atoms with E-state index in [9.17, 15) is 4.79 Å². The highest BCUT2D eigenvalue weighted by Gasteiger charge is 2.13. The molecule has 1 rings (SSSR count). The number of nitrogen functional groups attached to an aromatic ring is 1. The largest absolute Gasteiger partial charge is 0.462 e. The monoisotopic (exact) mass is 305 g/mol. The Bertz CT molecular complexity index is 363. The van der Waals surface area contributed by atoms with Crippen LogP contribution in [0, 0.1) is 10.5 Å². The minimum atomic E-state index is -0.355. The maximum absolute atomic E-state index is 11.5. The van der Waals surface area contributed by atoms with Gasteiger partial charge in [-0.15, -0.1) is 0 Å². The van der Waals surface area contributed by atoms with E-state index in [4.69, 9.17) is 10.5 Å². The minimum Gasteiger partial charge on any atom is -0.462 e. The predicted octanol–water partition coefficient (Wildman–Crippen LogP) is 2.36. The number of carbonyl (C=O) groups excluding carboxylic acids is 1. The second-order valence-electron chi connectivity index (χ2n) is 2.93. The van der Waals surface area contributed by atoms with E-state index < -0.39 is 0 Å². The second-order valence-corrected chi connectivity index (χ2v) is 4.09. The summed E-state index contributed by atoms with van der Waals surface area (Å²) in [5.41, 5.74) is 7.73. The van der Waals surface area contributed by atoms with Crippen molar-refractivity contribution in [2.24, 2.45) is 0 Å². The molecule has 0 spiro atoms. The lowest BCUT2D eigenvalue weighted by Crippen LogP contribution is -2.09. The summed E-state index contributed by atoms with van der Waals surface area (Å²) in [6, 6.07) is 3.67. The van der Waals surface area contributed by atoms with Crippen LogP contribution in [0.15, 0.2) is 12.1 Å². The molecule has 1 aromatic carbocycles. The summed E-state index contributed by atoms with van der Waals surface area (Å²) in [7, 11) is 0. The highest BCUT2D eigenvalue weighted by atomic mass is 127. The Balaban J connectivity index is 3.13. The second kappa shape index (κ2) is 4.63. The highest BCUT2D eigenvalue weighted by molar-refractivity contribution is 14.1. The molecule has 0 unspecified atom stereocenters. The lowest BCUT2D eigenvalue weighted by molar-refractivity contribution is 0.0527. The van der Waals surface area contributed by atoms with E-state index in [0.717, 1.165) is 9.13 Å². The van der Waals surface area contributed by atoms with Gasteiger partial charge in [0.1, 0.15) is 0 Å². The molecule has 0 atom stereocenters. The Labute approximate surface area is 96.8 Å². The Morgan fingerprint density at radius 2 is 2.21 bits per heavy atom. The number of rotatable bonds is 2. The SMILES string of the molecule is CCOC(=O)c1cc(C)cc(I)c1N. The van der Waals surface area contributed by atoms with E-state index in [-0.39, 0.29) is 5.97 Å². The third kappa shape index (κ3) is 2.37. The zero-order chi connectivity index (χ0) is 10.7. The number of hydrogen-bond donors (Lipinski definition) is 1. The van der Waals surface area contributed by atoms with Crippen molar-refractivity contribution in [1.82, 2.24) is 0 Å². The van der Waals surface area contributed by atoms with Crippen LogP contribution in [0.5, 0.6) is 0 Å². The zero-order valence-electron chi connectivity index (χ0n) is 8.13.